The van der Waals surface area contributed by atoms with Gasteiger partial charge in [-0.25, -0.2) is 0 Å². The van der Waals surface area contributed by atoms with Crippen molar-refractivity contribution in [2.75, 3.05) is 20.2 Å². The van der Waals surface area contributed by atoms with Crippen molar-refractivity contribution in [1.29, 1.82) is 0 Å². The van der Waals surface area contributed by atoms with Crippen LogP contribution in [-0.2, 0) is 19.1 Å². The number of ether oxygens (including phenoxy) is 1. The third kappa shape index (κ3) is 3.97. The van der Waals surface area contributed by atoms with Gasteiger partial charge in [0.15, 0.2) is 5.78 Å². The van der Waals surface area contributed by atoms with Crippen molar-refractivity contribution in [1.82, 2.24) is 10.2 Å². The minimum atomic E-state index is -0.429. The number of carbonyl (C=O) groups excluding carboxylic acids is 3. The molecule has 0 aromatic carbocycles. The maximum absolute atomic E-state index is 12.4. The van der Waals surface area contributed by atoms with Crippen LogP contribution in [0.1, 0.15) is 40.0 Å². The molecule has 7 nitrogen and oxygen atoms in total. The van der Waals surface area contributed by atoms with E-state index in [9.17, 15) is 14.4 Å². The molecule has 0 aromatic rings. The first-order valence-electron chi connectivity index (χ1n) is 8.55. The Morgan fingerprint density at radius 2 is 2.12 bits per heavy atom. The normalized spacial score (nSPS) is 20.7. The number of ketones is 1. The quantitative estimate of drug-likeness (QED) is 0.733. The minimum Gasteiger partial charge on any atom is -0.466 e. The smallest absolute Gasteiger partial charge is 0.310 e. The predicted molar refractivity (Wildman–Crippen MR) is 93.9 cm³/mol. The molecule has 0 aromatic heterocycles. The van der Waals surface area contributed by atoms with Crippen molar-refractivity contribution in [2.45, 2.75) is 46.1 Å². The van der Waals surface area contributed by atoms with Crippen molar-refractivity contribution in [2.24, 2.45) is 4.99 Å². The molecule has 2 aliphatic rings. The van der Waals surface area contributed by atoms with E-state index < -0.39 is 5.97 Å². The van der Waals surface area contributed by atoms with Gasteiger partial charge in [-0.1, -0.05) is 6.92 Å². The molecule has 7 heteroatoms. The maximum Gasteiger partial charge on any atom is 0.310 e. The monoisotopic (exact) mass is 347 g/mol. The fourth-order valence-electron chi connectivity index (χ4n) is 3.21. The molecule has 1 N–H and O–H groups in total. The third-order valence-corrected chi connectivity index (χ3v) is 4.55. The Bertz CT molecular complexity index is 676. The molecule has 136 valence electrons. The van der Waals surface area contributed by atoms with Crippen LogP contribution in [0.15, 0.2) is 27.5 Å². The lowest BCUT2D eigenvalue weighted by molar-refractivity contribution is -0.143. The summed E-state index contributed by atoms with van der Waals surface area (Å²) in [6.07, 6.45) is 2.50. The Morgan fingerprint density at radius 1 is 1.40 bits per heavy atom. The number of hydrogen-bond acceptors (Lipinski definition) is 6. The number of rotatable bonds is 6. The van der Waals surface area contributed by atoms with Crippen molar-refractivity contribution >= 4 is 23.9 Å². The van der Waals surface area contributed by atoms with Crippen molar-refractivity contribution in [3.05, 3.63) is 22.5 Å². The summed E-state index contributed by atoms with van der Waals surface area (Å²) in [5, 5.41) is 2.81. The number of allylic oxidation sites excluding steroid dienone is 2. The second kappa shape index (κ2) is 8.09. The molecule has 2 aliphatic heterocycles. The van der Waals surface area contributed by atoms with Gasteiger partial charge in [0.1, 0.15) is 5.70 Å². The highest BCUT2D eigenvalue weighted by Crippen LogP contribution is 2.27. The zero-order valence-electron chi connectivity index (χ0n) is 15.2. The molecule has 0 bridgehead atoms. The Balaban J connectivity index is 2.34. The van der Waals surface area contributed by atoms with Gasteiger partial charge in [0, 0.05) is 31.8 Å². The number of esters is 1. The highest BCUT2D eigenvalue weighted by molar-refractivity contribution is 6.05. The van der Waals surface area contributed by atoms with Crippen molar-refractivity contribution in [3.63, 3.8) is 0 Å². The van der Waals surface area contributed by atoms with Gasteiger partial charge < -0.3 is 15.0 Å². The summed E-state index contributed by atoms with van der Waals surface area (Å²) in [7, 11) is 1.83. The second-order valence-corrected chi connectivity index (χ2v) is 6.07. The van der Waals surface area contributed by atoms with Crippen LogP contribution in [0.2, 0.25) is 0 Å². The fourth-order valence-corrected chi connectivity index (χ4v) is 3.21. The van der Waals surface area contributed by atoms with Gasteiger partial charge in [0.05, 0.1) is 24.8 Å². The Morgan fingerprint density at radius 3 is 2.76 bits per heavy atom. The number of nitrogens with zero attached hydrogens (tertiary/aromatic N) is 2. The first-order chi connectivity index (χ1) is 11.9. The van der Waals surface area contributed by atoms with E-state index in [1.165, 1.54) is 0 Å². The van der Waals surface area contributed by atoms with E-state index in [1.54, 1.807) is 13.1 Å². The van der Waals surface area contributed by atoms with E-state index in [4.69, 9.17) is 4.74 Å². The van der Waals surface area contributed by atoms with Gasteiger partial charge in [-0.15, -0.1) is 0 Å². The molecule has 1 amide bonds. The lowest BCUT2D eigenvalue weighted by Crippen LogP contribution is -2.49. The van der Waals surface area contributed by atoms with Crippen LogP contribution >= 0.6 is 0 Å². The number of amides is 1. The van der Waals surface area contributed by atoms with E-state index in [0.717, 1.165) is 11.3 Å². The van der Waals surface area contributed by atoms with Crippen LogP contribution in [0, 0.1) is 0 Å². The molecular weight excluding hydrogens is 322 g/mol. The van der Waals surface area contributed by atoms with E-state index in [1.807, 2.05) is 25.8 Å². The molecule has 0 saturated heterocycles. The molecule has 25 heavy (non-hydrogen) atoms. The first kappa shape index (κ1) is 18.9. The lowest BCUT2D eigenvalue weighted by atomic mass is 9.93. The van der Waals surface area contributed by atoms with E-state index in [-0.39, 0.29) is 37.2 Å². The highest BCUT2D eigenvalue weighted by Gasteiger charge is 2.33. The first-order valence-corrected chi connectivity index (χ1v) is 8.55. The van der Waals surface area contributed by atoms with Crippen molar-refractivity contribution < 1.29 is 19.1 Å². The molecule has 2 heterocycles. The largest absolute Gasteiger partial charge is 0.466 e. The fraction of sp³-hybridized carbons (Fsp3) is 0.556. The average Bonchev–Trinajstić information content (AvgIpc) is 2.58. The van der Waals surface area contributed by atoms with Crippen LogP contribution in [0.4, 0.5) is 0 Å². The number of carbonyl (C=O) groups is 3. The van der Waals surface area contributed by atoms with Gasteiger partial charge in [0.25, 0.3) is 0 Å². The molecule has 0 fully saturated rings. The van der Waals surface area contributed by atoms with E-state index in [0.29, 0.717) is 24.2 Å². The van der Waals surface area contributed by atoms with Crippen LogP contribution < -0.4 is 5.32 Å². The van der Waals surface area contributed by atoms with Crippen molar-refractivity contribution in [3.8, 4) is 0 Å². The third-order valence-electron chi connectivity index (χ3n) is 4.55. The number of hydrogen-bond donors (Lipinski definition) is 1. The SMILES string of the molecule is CCOC(=O)CC1=C(C)C(N(C)C2=C(CC)N=CCC2=O)CNC1=O. The molecule has 0 spiro atoms. The lowest BCUT2D eigenvalue weighted by Gasteiger charge is -2.37. The molecule has 1 unspecified atom stereocenters. The maximum atomic E-state index is 12.4. The van der Waals surface area contributed by atoms with Gasteiger partial charge >= 0.3 is 5.97 Å². The average molecular weight is 347 g/mol. The molecule has 0 radical (unpaired) electrons. The van der Waals surface area contributed by atoms with Gasteiger partial charge in [-0.3, -0.25) is 19.4 Å². The topological polar surface area (TPSA) is 88.1 Å². The number of likely N-dealkylation sites (N-methyl/N-ethyl adjacent to an activating group) is 1. The summed E-state index contributed by atoms with van der Waals surface area (Å²) in [6.45, 7) is 6.17. The van der Waals surface area contributed by atoms with Gasteiger partial charge in [-0.05, 0) is 25.8 Å². The molecule has 2 rings (SSSR count). The van der Waals surface area contributed by atoms with Crippen LogP contribution in [0.25, 0.3) is 0 Å². The number of Topliss-reactive ketones (excluding diaryl/α,β-unsaturated/α-hetero) is 1. The minimum absolute atomic E-state index is 0.0194. The summed E-state index contributed by atoms with van der Waals surface area (Å²) in [5.74, 6) is -0.666. The van der Waals surface area contributed by atoms with E-state index >= 15 is 0 Å². The Kier molecular flexibility index (Phi) is 6.12. The molecule has 0 saturated carbocycles. The van der Waals surface area contributed by atoms with Crippen LogP contribution in [0.5, 0.6) is 0 Å². The Hall–Kier alpha value is -2.44. The van der Waals surface area contributed by atoms with Crippen LogP contribution in [-0.4, -0.2) is 55.0 Å². The number of nitrogens with one attached hydrogen (secondary N) is 1. The van der Waals surface area contributed by atoms with Gasteiger partial charge in [-0.2, -0.15) is 0 Å². The zero-order valence-corrected chi connectivity index (χ0v) is 15.2. The molecular formula is C18H25N3O4. The predicted octanol–water partition coefficient (Wildman–Crippen LogP) is 1.35. The Labute approximate surface area is 147 Å². The molecule has 1 atom stereocenters. The van der Waals surface area contributed by atoms with E-state index in [2.05, 4.69) is 10.3 Å². The second-order valence-electron chi connectivity index (χ2n) is 6.07. The highest BCUT2D eigenvalue weighted by atomic mass is 16.5. The zero-order chi connectivity index (χ0) is 18.6. The summed E-state index contributed by atoms with van der Waals surface area (Å²) in [5.41, 5.74) is 2.52. The summed E-state index contributed by atoms with van der Waals surface area (Å²) in [6, 6.07) is -0.198. The number of aliphatic imine (C=N–C) groups is 1. The van der Waals surface area contributed by atoms with Gasteiger partial charge in [0.2, 0.25) is 5.91 Å². The van der Waals surface area contributed by atoms with Crippen LogP contribution in [0.3, 0.4) is 0 Å². The summed E-state index contributed by atoms with van der Waals surface area (Å²) in [4.78, 5) is 42.6. The standard InChI is InChI=1S/C18H25N3O4/c1-5-13-17(15(22)7-8-19-13)21(4)14-10-20-18(24)12(11(14)3)9-16(23)25-6-2/h8,14H,5-7,9-10H2,1-4H3,(H,20,24). The molecule has 0 aliphatic carbocycles. The summed E-state index contributed by atoms with van der Waals surface area (Å²) >= 11 is 0. The summed E-state index contributed by atoms with van der Waals surface area (Å²) < 4.78 is 4.96.